The van der Waals surface area contributed by atoms with Gasteiger partial charge in [0, 0.05) is 17.8 Å². The fourth-order valence-electron chi connectivity index (χ4n) is 2.02. The van der Waals surface area contributed by atoms with Gasteiger partial charge in [-0.3, -0.25) is 4.79 Å². The molecular weight excluding hydrogens is 330 g/mol. The maximum Gasteiger partial charge on any atom is 0.331 e. The van der Waals surface area contributed by atoms with Crippen LogP contribution in [0.4, 0.5) is 5.69 Å². The van der Waals surface area contributed by atoms with Gasteiger partial charge in [0.25, 0.3) is 5.91 Å². The van der Waals surface area contributed by atoms with Crippen LogP contribution in [0.2, 0.25) is 0 Å². The summed E-state index contributed by atoms with van der Waals surface area (Å²) in [4.78, 5) is 23.8. The van der Waals surface area contributed by atoms with Crippen molar-refractivity contribution in [2.45, 2.75) is 13.0 Å². The van der Waals surface area contributed by atoms with Crippen molar-refractivity contribution < 1.29 is 23.8 Å². The van der Waals surface area contributed by atoms with Crippen molar-refractivity contribution in [2.24, 2.45) is 0 Å². The number of fused-ring (bicyclic) bond motifs is 1. The van der Waals surface area contributed by atoms with Crippen molar-refractivity contribution in [3.05, 3.63) is 46.7 Å². The molecule has 0 bridgehead atoms. The van der Waals surface area contributed by atoms with Crippen LogP contribution in [-0.4, -0.2) is 24.8 Å². The van der Waals surface area contributed by atoms with Gasteiger partial charge in [0.1, 0.15) is 0 Å². The van der Waals surface area contributed by atoms with E-state index in [1.165, 1.54) is 24.3 Å². The third-order valence-corrected chi connectivity index (χ3v) is 3.96. The average Bonchev–Trinajstić information content (AvgIpc) is 3.23. The number of carbonyl (C=O) groups excluding carboxylic acids is 2. The van der Waals surface area contributed by atoms with E-state index in [0.29, 0.717) is 17.2 Å². The van der Waals surface area contributed by atoms with Gasteiger partial charge in [-0.15, -0.1) is 0 Å². The van der Waals surface area contributed by atoms with Crippen LogP contribution in [0.15, 0.2) is 41.1 Å². The molecule has 6 nitrogen and oxygen atoms in total. The molecule has 1 atom stereocenters. The van der Waals surface area contributed by atoms with E-state index in [1.807, 2.05) is 16.8 Å². The van der Waals surface area contributed by atoms with Gasteiger partial charge in [0.05, 0.1) is 0 Å². The van der Waals surface area contributed by atoms with E-state index in [2.05, 4.69) is 5.32 Å². The summed E-state index contributed by atoms with van der Waals surface area (Å²) >= 11 is 1.53. The molecule has 1 aliphatic heterocycles. The molecule has 1 aromatic carbocycles. The molecular formula is C17H15NO5S. The highest BCUT2D eigenvalue weighted by molar-refractivity contribution is 7.08. The number of anilines is 1. The molecule has 24 heavy (non-hydrogen) atoms. The van der Waals surface area contributed by atoms with Crippen molar-refractivity contribution in [1.29, 1.82) is 0 Å². The molecule has 7 heteroatoms. The summed E-state index contributed by atoms with van der Waals surface area (Å²) in [7, 11) is 0. The second kappa shape index (κ2) is 7.18. The normalized spacial score (nSPS) is 13.7. The maximum absolute atomic E-state index is 12.1. The summed E-state index contributed by atoms with van der Waals surface area (Å²) in [6.07, 6.45) is 2.02. The summed E-state index contributed by atoms with van der Waals surface area (Å²) in [5.74, 6) is 0.197. The lowest BCUT2D eigenvalue weighted by atomic mass is 10.2. The first-order valence-corrected chi connectivity index (χ1v) is 8.17. The van der Waals surface area contributed by atoms with Crippen LogP contribution in [0.3, 0.4) is 0 Å². The van der Waals surface area contributed by atoms with Gasteiger partial charge < -0.3 is 19.5 Å². The third-order valence-electron chi connectivity index (χ3n) is 3.26. The molecule has 1 aromatic heterocycles. The Morgan fingerprint density at radius 2 is 2.12 bits per heavy atom. The Kier molecular flexibility index (Phi) is 4.81. The predicted molar refractivity (Wildman–Crippen MR) is 90.1 cm³/mol. The molecule has 1 aliphatic rings. The van der Waals surface area contributed by atoms with E-state index < -0.39 is 18.0 Å². The number of ether oxygens (including phenoxy) is 3. The van der Waals surface area contributed by atoms with E-state index in [1.54, 1.807) is 24.3 Å². The van der Waals surface area contributed by atoms with Crippen LogP contribution in [0.1, 0.15) is 12.5 Å². The summed E-state index contributed by atoms with van der Waals surface area (Å²) in [6, 6.07) is 6.93. The Morgan fingerprint density at radius 3 is 2.92 bits per heavy atom. The number of rotatable bonds is 5. The standard InChI is InChI=1S/C17H15NO5S/c1-11(23-16(19)5-2-12-6-7-24-9-12)17(20)18-13-3-4-14-15(8-13)22-10-21-14/h2-9,11H,10H2,1H3,(H,18,20)/b5-2+/t11-/m1/s1. The second-order valence-electron chi connectivity index (χ2n) is 5.03. The van der Waals surface area contributed by atoms with E-state index in [4.69, 9.17) is 14.2 Å². The van der Waals surface area contributed by atoms with Crippen LogP contribution in [-0.2, 0) is 14.3 Å². The van der Waals surface area contributed by atoms with Crippen molar-refractivity contribution in [3.63, 3.8) is 0 Å². The van der Waals surface area contributed by atoms with Gasteiger partial charge in [-0.05, 0) is 47.5 Å². The summed E-state index contributed by atoms with van der Waals surface area (Å²) in [6.45, 7) is 1.68. The fourth-order valence-corrected chi connectivity index (χ4v) is 2.65. The zero-order chi connectivity index (χ0) is 16.9. The van der Waals surface area contributed by atoms with Crippen LogP contribution in [0, 0.1) is 0 Å². The van der Waals surface area contributed by atoms with Gasteiger partial charge >= 0.3 is 5.97 Å². The molecule has 0 fully saturated rings. The van der Waals surface area contributed by atoms with E-state index >= 15 is 0 Å². The zero-order valence-electron chi connectivity index (χ0n) is 12.9. The largest absolute Gasteiger partial charge is 0.454 e. The Hall–Kier alpha value is -2.80. The minimum absolute atomic E-state index is 0.164. The molecule has 0 spiro atoms. The minimum atomic E-state index is -0.921. The van der Waals surface area contributed by atoms with E-state index in [-0.39, 0.29) is 6.79 Å². The highest BCUT2D eigenvalue weighted by Crippen LogP contribution is 2.34. The van der Waals surface area contributed by atoms with Crippen molar-refractivity contribution in [2.75, 3.05) is 12.1 Å². The number of benzene rings is 1. The molecule has 124 valence electrons. The molecule has 1 amide bonds. The maximum atomic E-state index is 12.1. The lowest BCUT2D eigenvalue weighted by molar-refractivity contribution is -0.148. The van der Waals surface area contributed by atoms with Gasteiger partial charge in [-0.1, -0.05) is 0 Å². The number of hydrogen-bond donors (Lipinski definition) is 1. The SMILES string of the molecule is C[C@@H](OC(=O)/C=C/c1ccsc1)C(=O)Nc1ccc2c(c1)OCO2. The van der Waals surface area contributed by atoms with Gasteiger partial charge in [0.15, 0.2) is 17.6 Å². The first kappa shape index (κ1) is 16.1. The number of carbonyl (C=O) groups is 2. The number of thiophene rings is 1. The Morgan fingerprint density at radius 1 is 1.29 bits per heavy atom. The predicted octanol–water partition coefficient (Wildman–Crippen LogP) is 3.06. The van der Waals surface area contributed by atoms with Gasteiger partial charge in [-0.2, -0.15) is 11.3 Å². The lowest BCUT2D eigenvalue weighted by Gasteiger charge is -2.12. The number of nitrogens with one attached hydrogen (secondary N) is 1. The van der Waals surface area contributed by atoms with Crippen LogP contribution in [0.5, 0.6) is 11.5 Å². The highest BCUT2D eigenvalue weighted by Gasteiger charge is 2.19. The molecule has 2 heterocycles. The molecule has 0 saturated heterocycles. The minimum Gasteiger partial charge on any atom is -0.454 e. The quantitative estimate of drug-likeness (QED) is 0.666. The van der Waals surface area contributed by atoms with Crippen LogP contribution >= 0.6 is 11.3 Å². The Balaban J connectivity index is 1.53. The van der Waals surface area contributed by atoms with Crippen molar-refractivity contribution >= 4 is 35.0 Å². The van der Waals surface area contributed by atoms with E-state index in [9.17, 15) is 9.59 Å². The number of amides is 1. The number of hydrogen-bond acceptors (Lipinski definition) is 6. The molecule has 3 rings (SSSR count). The van der Waals surface area contributed by atoms with Gasteiger partial charge in [0.2, 0.25) is 6.79 Å². The van der Waals surface area contributed by atoms with Crippen molar-refractivity contribution in [1.82, 2.24) is 0 Å². The molecule has 0 aliphatic carbocycles. The summed E-state index contributed by atoms with van der Waals surface area (Å²) < 4.78 is 15.5. The molecule has 1 N–H and O–H groups in total. The van der Waals surface area contributed by atoms with Crippen molar-refractivity contribution in [3.8, 4) is 11.5 Å². The van der Waals surface area contributed by atoms with E-state index in [0.717, 1.165) is 5.56 Å². The summed E-state index contributed by atoms with van der Waals surface area (Å²) in [5, 5.41) is 6.48. The first-order chi connectivity index (χ1) is 11.6. The Bertz CT molecular complexity index is 769. The Labute approximate surface area is 142 Å². The van der Waals surface area contributed by atoms with Crippen LogP contribution in [0.25, 0.3) is 6.08 Å². The average molecular weight is 345 g/mol. The topological polar surface area (TPSA) is 73.9 Å². The van der Waals surface area contributed by atoms with Gasteiger partial charge in [-0.25, -0.2) is 4.79 Å². The first-order valence-electron chi connectivity index (χ1n) is 7.23. The fraction of sp³-hybridized carbons (Fsp3) is 0.176. The molecule has 0 saturated carbocycles. The monoisotopic (exact) mass is 345 g/mol. The molecule has 0 radical (unpaired) electrons. The second-order valence-corrected chi connectivity index (χ2v) is 5.81. The van der Waals surface area contributed by atoms with Crippen LogP contribution < -0.4 is 14.8 Å². The third kappa shape index (κ3) is 3.94. The highest BCUT2D eigenvalue weighted by atomic mass is 32.1. The smallest absolute Gasteiger partial charge is 0.331 e. The number of esters is 1. The lowest BCUT2D eigenvalue weighted by Crippen LogP contribution is -2.29. The summed E-state index contributed by atoms with van der Waals surface area (Å²) in [5.41, 5.74) is 1.45. The molecule has 0 unspecified atom stereocenters. The molecule has 2 aromatic rings. The zero-order valence-corrected chi connectivity index (χ0v) is 13.7.